The Hall–Kier alpha value is -1.32. The van der Waals surface area contributed by atoms with Gasteiger partial charge in [0.25, 0.3) is 0 Å². The number of furan rings is 1. The summed E-state index contributed by atoms with van der Waals surface area (Å²) in [7, 11) is 1.71. The maximum absolute atomic E-state index is 5.76. The molecule has 0 unspecified atom stereocenters. The molecule has 0 saturated heterocycles. The van der Waals surface area contributed by atoms with Crippen LogP contribution in [0.5, 0.6) is 0 Å². The van der Waals surface area contributed by atoms with Crippen molar-refractivity contribution in [3.63, 3.8) is 0 Å². The summed E-state index contributed by atoms with van der Waals surface area (Å²) in [5.74, 6) is 1.04. The minimum absolute atomic E-state index is 0.749. The van der Waals surface area contributed by atoms with Crippen LogP contribution >= 0.6 is 0 Å². The van der Waals surface area contributed by atoms with Gasteiger partial charge in [-0.2, -0.15) is 0 Å². The third kappa shape index (κ3) is 3.32. The Labute approximate surface area is 102 Å². The highest BCUT2D eigenvalue weighted by Gasteiger charge is 2.03. The Morgan fingerprint density at radius 2 is 2.12 bits per heavy atom. The van der Waals surface area contributed by atoms with Gasteiger partial charge < -0.3 is 14.5 Å². The summed E-state index contributed by atoms with van der Waals surface area (Å²) in [6, 6.07) is 8.39. The lowest BCUT2D eigenvalue weighted by molar-refractivity contribution is 0.199. The average molecular weight is 233 g/mol. The van der Waals surface area contributed by atoms with E-state index in [1.54, 1.807) is 7.11 Å². The molecule has 92 valence electrons. The second kappa shape index (κ2) is 5.84. The second-order valence-corrected chi connectivity index (χ2v) is 4.25. The molecule has 0 aliphatic carbocycles. The minimum atomic E-state index is 0.749. The van der Waals surface area contributed by atoms with Gasteiger partial charge in [0, 0.05) is 32.0 Å². The quantitative estimate of drug-likeness (QED) is 0.778. The third-order valence-electron chi connectivity index (χ3n) is 2.75. The predicted octanol–water partition coefficient (Wildman–Crippen LogP) is 2.52. The maximum atomic E-state index is 5.76. The molecule has 1 aromatic carbocycles. The highest BCUT2D eigenvalue weighted by Crippen LogP contribution is 2.20. The lowest BCUT2D eigenvalue weighted by Gasteiger charge is -2.01. The fraction of sp³-hybridized carbons (Fsp3) is 0.429. The second-order valence-electron chi connectivity index (χ2n) is 4.25. The fourth-order valence-electron chi connectivity index (χ4n) is 1.85. The summed E-state index contributed by atoms with van der Waals surface area (Å²) in [4.78, 5) is 0. The van der Waals surface area contributed by atoms with Gasteiger partial charge in [-0.1, -0.05) is 11.6 Å². The molecule has 0 aliphatic heterocycles. The molecule has 2 aromatic rings. The van der Waals surface area contributed by atoms with Crippen molar-refractivity contribution in [2.24, 2.45) is 0 Å². The van der Waals surface area contributed by atoms with Crippen molar-refractivity contribution in [3.8, 4) is 0 Å². The molecule has 0 radical (unpaired) electrons. The van der Waals surface area contributed by atoms with Crippen LogP contribution < -0.4 is 5.32 Å². The van der Waals surface area contributed by atoms with Crippen molar-refractivity contribution in [1.29, 1.82) is 0 Å². The smallest absolute Gasteiger partial charge is 0.134 e. The molecule has 0 spiro atoms. The summed E-state index contributed by atoms with van der Waals surface area (Å²) in [5, 5.41) is 4.50. The number of aryl methyl sites for hydroxylation is 1. The van der Waals surface area contributed by atoms with Crippen molar-refractivity contribution in [2.45, 2.75) is 13.3 Å². The van der Waals surface area contributed by atoms with Gasteiger partial charge in [0.15, 0.2) is 0 Å². The molecule has 2 rings (SSSR count). The first-order valence-electron chi connectivity index (χ1n) is 5.98. The molecule has 0 atom stereocenters. The van der Waals surface area contributed by atoms with Gasteiger partial charge in [0.2, 0.25) is 0 Å². The van der Waals surface area contributed by atoms with Crippen LogP contribution in [-0.4, -0.2) is 26.8 Å². The summed E-state index contributed by atoms with van der Waals surface area (Å²) in [5.41, 5.74) is 2.24. The molecule has 1 N–H and O–H groups in total. The molecule has 3 nitrogen and oxygen atoms in total. The number of ether oxygens (including phenoxy) is 1. The number of hydrogen-bond acceptors (Lipinski definition) is 3. The molecule has 1 aromatic heterocycles. The van der Waals surface area contributed by atoms with E-state index in [0.717, 1.165) is 37.5 Å². The monoisotopic (exact) mass is 233 g/mol. The molecule has 3 heteroatoms. The molecule has 0 amide bonds. The van der Waals surface area contributed by atoms with Crippen LogP contribution in [0.25, 0.3) is 11.0 Å². The molecular weight excluding hydrogens is 214 g/mol. The van der Waals surface area contributed by atoms with Crippen molar-refractivity contribution in [3.05, 3.63) is 35.6 Å². The summed E-state index contributed by atoms with van der Waals surface area (Å²) in [6.45, 7) is 4.65. The van der Waals surface area contributed by atoms with E-state index < -0.39 is 0 Å². The first-order valence-corrected chi connectivity index (χ1v) is 5.98. The van der Waals surface area contributed by atoms with Crippen LogP contribution in [0.1, 0.15) is 11.3 Å². The Morgan fingerprint density at radius 3 is 2.94 bits per heavy atom. The third-order valence-corrected chi connectivity index (χ3v) is 2.75. The largest absolute Gasteiger partial charge is 0.461 e. The van der Waals surface area contributed by atoms with E-state index in [4.69, 9.17) is 9.15 Å². The van der Waals surface area contributed by atoms with Crippen molar-refractivity contribution < 1.29 is 9.15 Å². The molecule has 0 saturated carbocycles. The van der Waals surface area contributed by atoms with Crippen molar-refractivity contribution in [2.75, 3.05) is 26.8 Å². The Kier molecular flexibility index (Phi) is 4.18. The van der Waals surface area contributed by atoms with Crippen LogP contribution in [-0.2, 0) is 11.2 Å². The number of rotatable bonds is 6. The molecule has 0 aliphatic rings. The van der Waals surface area contributed by atoms with E-state index in [9.17, 15) is 0 Å². The Balaban J connectivity index is 1.91. The normalized spacial score (nSPS) is 11.2. The summed E-state index contributed by atoms with van der Waals surface area (Å²) >= 11 is 0. The zero-order chi connectivity index (χ0) is 12.1. The highest BCUT2D eigenvalue weighted by molar-refractivity contribution is 5.78. The van der Waals surface area contributed by atoms with E-state index in [-0.39, 0.29) is 0 Å². The van der Waals surface area contributed by atoms with E-state index in [2.05, 4.69) is 30.4 Å². The topological polar surface area (TPSA) is 34.4 Å². The highest BCUT2D eigenvalue weighted by atomic mass is 16.5. The van der Waals surface area contributed by atoms with E-state index in [1.165, 1.54) is 10.9 Å². The average Bonchev–Trinajstić information content (AvgIpc) is 2.70. The lowest BCUT2D eigenvalue weighted by atomic mass is 10.2. The number of benzene rings is 1. The molecule has 0 bridgehead atoms. The summed E-state index contributed by atoms with van der Waals surface area (Å²) < 4.78 is 10.7. The summed E-state index contributed by atoms with van der Waals surface area (Å²) in [6.07, 6.45) is 0.914. The molecule has 17 heavy (non-hydrogen) atoms. The van der Waals surface area contributed by atoms with E-state index >= 15 is 0 Å². The first kappa shape index (κ1) is 12.1. The van der Waals surface area contributed by atoms with Crippen LogP contribution in [0.4, 0.5) is 0 Å². The molecular formula is C14H19NO2. The van der Waals surface area contributed by atoms with Gasteiger partial charge >= 0.3 is 0 Å². The minimum Gasteiger partial charge on any atom is -0.461 e. The van der Waals surface area contributed by atoms with Gasteiger partial charge in [0.1, 0.15) is 11.3 Å². The van der Waals surface area contributed by atoms with Gasteiger partial charge in [0.05, 0.1) is 6.61 Å². The van der Waals surface area contributed by atoms with Crippen molar-refractivity contribution >= 4 is 11.0 Å². The van der Waals surface area contributed by atoms with Gasteiger partial charge in [-0.05, 0) is 25.1 Å². The first-order chi connectivity index (χ1) is 8.29. The van der Waals surface area contributed by atoms with E-state index in [1.807, 2.05) is 6.07 Å². The lowest BCUT2D eigenvalue weighted by Crippen LogP contribution is -2.21. The Bertz CT molecular complexity index is 476. The number of nitrogens with one attached hydrogen (secondary N) is 1. The zero-order valence-corrected chi connectivity index (χ0v) is 10.5. The fourth-order valence-corrected chi connectivity index (χ4v) is 1.85. The van der Waals surface area contributed by atoms with Crippen LogP contribution in [0.15, 0.2) is 28.7 Å². The SMILES string of the molecule is COCCNCCc1cc2cc(C)ccc2o1. The van der Waals surface area contributed by atoms with Gasteiger partial charge in [-0.3, -0.25) is 0 Å². The standard InChI is InChI=1S/C14H19NO2/c1-11-3-4-14-12(9-11)10-13(17-14)5-6-15-7-8-16-2/h3-4,9-10,15H,5-8H2,1-2H3. The number of hydrogen-bond donors (Lipinski definition) is 1. The van der Waals surface area contributed by atoms with E-state index in [0.29, 0.717) is 0 Å². The number of fused-ring (bicyclic) bond motifs is 1. The maximum Gasteiger partial charge on any atom is 0.134 e. The van der Waals surface area contributed by atoms with Gasteiger partial charge in [-0.25, -0.2) is 0 Å². The van der Waals surface area contributed by atoms with Crippen LogP contribution in [0.3, 0.4) is 0 Å². The molecule has 1 heterocycles. The van der Waals surface area contributed by atoms with Crippen molar-refractivity contribution in [1.82, 2.24) is 5.32 Å². The van der Waals surface area contributed by atoms with Crippen LogP contribution in [0, 0.1) is 6.92 Å². The Morgan fingerprint density at radius 1 is 1.24 bits per heavy atom. The van der Waals surface area contributed by atoms with Crippen LogP contribution in [0.2, 0.25) is 0 Å². The molecule has 0 fully saturated rings. The predicted molar refractivity (Wildman–Crippen MR) is 69.4 cm³/mol. The van der Waals surface area contributed by atoms with Gasteiger partial charge in [-0.15, -0.1) is 0 Å². The zero-order valence-electron chi connectivity index (χ0n) is 10.5. The number of methoxy groups -OCH3 is 1.